The van der Waals surface area contributed by atoms with Crippen LogP contribution >= 0.6 is 0 Å². The number of hydrogen-bond acceptors (Lipinski definition) is 2. The van der Waals surface area contributed by atoms with Gasteiger partial charge in [0.05, 0.1) is 6.10 Å². The van der Waals surface area contributed by atoms with E-state index in [0.717, 1.165) is 36.9 Å². The minimum Gasteiger partial charge on any atom is -0.387 e. The minimum absolute atomic E-state index is 0.194. The van der Waals surface area contributed by atoms with Gasteiger partial charge >= 0.3 is 0 Å². The topological polar surface area (TPSA) is 23.5 Å². The first-order valence-corrected chi connectivity index (χ1v) is 7.53. The molecule has 0 bridgehead atoms. The first-order valence-electron chi connectivity index (χ1n) is 7.53. The van der Waals surface area contributed by atoms with Gasteiger partial charge in [0, 0.05) is 19.1 Å². The Kier molecular flexibility index (Phi) is 4.64. The number of aliphatic hydroxyl groups excluding tert-OH is 1. The molecule has 0 saturated carbocycles. The minimum atomic E-state index is -0.386. The Morgan fingerprint density at radius 2 is 1.68 bits per heavy atom. The summed E-state index contributed by atoms with van der Waals surface area (Å²) in [5.74, 6) is 1.47. The van der Waals surface area contributed by atoms with Crippen molar-refractivity contribution in [3.63, 3.8) is 0 Å². The molecule has 2 heteroatoms. The summed E-state index contributed by atoms with van der Waals surface area (Å²) < 4.78 is 0. The van der Waals surface area contributed by atoms with E-state index >= 15 is 0 Å². The highest BCUT2D eigenvalue weighted by molar-refractivity contribution is 5.25. The van der Waals surface area contributed by atoms with Crippen molar-refractivity contribution < 1.29 is 5.11 Å². The number of hydrogen-bond donors (Lipinski definition) is 1. The van der Waals surface area contributed by atoms with Gasteiger partial charge in [0.1, 0.15) is 0 Å². The molecule has 0 radical (unpaired) electrons. The molecule has 1 saturated heterocycles. The van der Waals surface area contributed by atoms with Crippen molar-refractivity contribution in [3.05, 3.63) is 35.4 Å². The van der Waals surface area contributed by atoms with Crippen LogP contribution in [0, 0.1) is 11.8 Å². The van der Waals surface area contributed by atoms with Crippen molar-refractivity contribution in [1.82, 2.24) is 4.90 Å². The Hall–Kier alpha value is -0.860. The van der Waals surface area contributed by atoms with Gasteiger partial charge in [-0.05, 0) is 36.3 Å². The van der Waals surface area contributed by atoms with Gasteiger partial charge in [-0.25, -0.2) is 0 Å². The molecule has 2 rings (SSSR count). The number of benzene rings is 1. The van der Waals surface area contributed by atoms with Crippen LogP contribution < -0.4 is 0 Å². The number of likely N-dealkylation sites (tertiary alicyclic amines) is 1. The molecule has 4 atom stereocenters. The van der Waals surface area contributed by atoms with Gasteiger partial charge < -0.3 is 5.11 Å². The van der Waals surface area contributed by atoms with E-state index in [2.05, 4.69) is 56.9 Å². The van der Waals surface area contributed by atoms with E-state index in [9.17, 15) is 5.11 Å². The lowest BCUT2D eigenvalue weighted by Crippen LogP contribution is -2.36. The first-order chi connectivity index (χ1) is 9.02. The maximum absolute atomic E-state index is 10.5. The SMILES string of the molecule is CCc1ccc(C(O)C(C)N2CC(C)C(C)C2)cc1. The maximum Gasteiger partial charge on any atom is 0.0942 e. The summed E-state index contributed by atoms with van der Waals surface area (Å²) in [7, 11) is 0. The Balaban J connectivity index is 2.03. The van der Waals surface area contributed by atoms with E-state index in [0.29, 0.717) is 0 Å². The average molecular weight is 261 g/mol. The second-order valence-electron chi connectivity index (χ2n) is 6.19. The first kappa shape index (κ1) is 14.5. The van der Waals surface area contributed by atoms with E-state index in [1.54, 1.807) is 0 Å². The smallest absolute Gasteiger partial charge is 0.0942 e. The van der Waals surface area contributed by atoms with E-state index in [1.807, 2.05) is 0 Å². The summed E-state index contributed by atoms with van der Waals surface area (Å²) in [5, 5.41) is 10.5. The van der Waals surface area contributed by atoms with Crippen LogP contribution in [0.5, 0.6) is 0 Å². The Labute approximate surface area is 117 Å². The van der Waals surface area contributed by atoms with Gasteiger partial charge in [-0.3, -0.25) is 4.90 Å². The zero-order chi connectivity index (χ0) is 14.0. The molecule has 0 aliphatic carbocycles. The molecule has 1 N–H and O–H groups in total. The number of rotatable bonds is 4. The maximum atomic E-state index is 10.5. The molecule has 0 spiro atoms. The molecular formula is C17H27NO. The monoisotopic (exact) mass is 261 g/mol. The third-order valence-corrected chi connectivity index (χ3v) is 4.78. The molecule has 2 nitrogen and oxygen atoms in total. The molecule has 1 aromatic carbocycles. The van der Waals surface area contributed by atoms with Crippen LogP contribution in [0.1, 0.15) is 44.9 Å². The largest absolute Gasteiger partial charge is 0.387 e. The molecule has 106 valence electrons. The summed E-state index contributed by atoms with van der Waals surface area (Å²) in [6.07, 6.45) is 0.663. The second-order valence-corrected chi connectivity index (χ2v) is 6.19. The van der Waals surface area contributed by atoms with E-state index < -0.39 is 0 Å². The van der Waals surface area contributed by atoms with Crippen LogP contribution in [-0.4, -0.2) is 29.1 Å². The molecule has 4 unspecified atom stereocenters. The van der Waals surface area contributed by atoms with Crippen molar-refractivity contribution in [2.24, 2.45) is 11.8 Å². The van der Waals surface area contributed by atoms with E-state index in [-0.39, 0.29) is 12.1 Å². The lowest BCUT2D eigenvalue weighted by Gasteiger charge is -2.29. The quantitative estimate of drug-likeness (QED) is 0.899. The lowest BCUT2D eigenvalue weighted by atomic mass is 10.0. The van der Waals surface area contributed by atoms with Crippen LogP contribution in [0.3, 0.4) is 0 Å². The van der Waals surface area contributed by atoms with E-state index in [1.165, 1.54) is 5.56 Å². The summed E-state index contributed by atoms with van der Waals surface area (Å²) >= 11 is 0. The predicted molar refractivity (Wildman–Crippen MR) is 80.1 cm³/mol. The van der Waals surface area contributed by atoms with Crippen LogP contribution in [-0.2, 0) is 6.42 Å². The molecule has 1 heterocycles. The third-order valence-electron chi connectivity index (χ3n) is 4.78. The standard InChI is InChI=1S/C17H27NO/c1-5-15-6-8-16(9-7-15)17(19)14(4)18-10-12(2)13(3)11-18/h6-9,12-14,17,19H,5,10-11H2,1-4H3. The fourth-order valence-electron chi connectivity index (χ4n) is 2.94. The Morgan fingerprint density at radius 3 is 2.16 bits per heavy atom. The van der Waals surface area contributed by atoms with Crippen molar-refractivity contribution in [2.45, 2.75) is 46.3 Å². The predicted octanol–water partition coefficient (Wildman–Crippen LogP) is 3.26. The molecule has 1 aliphatic rings. The van der Waals surface area contributed by atoms with Crippen LogP contribution in [0.25, 0.3) is 0 Å². The zero-order valence-electron chi connectivity index (χ0n) is 12.6. The molecule has 0 aromatic heterocycles. The van der Waals surface area contributed by atoms with Gasteiger partial charge in [0.2, 0.25) is 0 Å². The number of aliphatic hydroxyl groups is 1. The Morgan fingerprint density at radius 1 is 1.16 bits per heavy atom. The van der Waals surface area contributed by atoms with Crippen LogP contribution in [0.2, 0.25) is 0 Å². The van der Waals surface area contributed by atoms with Crippen molar-refractivity contribution >= 4 is 0 Å². The van der Waals surface area contributed by atoms with Gasteiger partial charge in [0.15, 0.2) is 0 Å². The zero-order valence-corrected chi connectivity index (χ0v) is 12.6. The molecule has 0 amide bonds. The second kappa shape index (κ2) is 6.06. The molecule has 1 fully saturated rings. The number of nitrogens with zero attached hydrogens (tertiary/aromatic N) is 1. The lowest BCUT2D eigenvalue weighted by molar-refractivity contribution is 0.0687. The van der Waals surface area contributed by atoms with Crippen LogP contribution in [0.4, 0.5) is 0 Å². The van der Waals surface area contributed by atoms with Crippen molar-refractivity contribution in [3.8, 4) is 0 Å². The molecule has 19 heavy (non-hydrogen) atoms. The normalized spacial score (nSPS) is 27.4. The van der Waals surface area contributed by atoms with Crippen molar-refractivity contribution in [2.75, 3.05) is 13.1 Å². The van der Waals surface area contributed by atoms with Gasteiger partial charge in [-0.2, -0.15) is 0 Å². The summed E-state index contributed by atoms with van der Waals surface area (Å²) in [5.41, 5.74) is 2.36. The third kappa shape index (κ3) is 3.18. The highest BCUT2D eigenvalue weighted by Gasteiger charge is 2.32. The fourth-order valence-corrected chi connectivity index (χ4v) is 2.94. The Bertz CT molecular complexity index is 390. The molecular weight excluding hydrogens is 234 g/mol. The van der Waals surface area contributed by atoms with Gasteiger partial charge in [0.25, 0.3) is 0 Å². The van der Waals surface area contributed by atoms with Gasteiger partial charge in [-0.1, -0.05) is 45.0 Å². The summed E-state index contributed by atoms with van der Waals surface area (Å²) in [4.78, 5) is 2.42. The van der Waals surface area contributed by atoms with Crippen molar-refractivity contribution in [1.29, 1.82) is 0 Å². The van der Waals surface area contributed by atoms with Gasteiger partial charge in [-0.15, -0.1) is 0 Å². The highest BCUT2D eigenvalue weighted by Crippen LogP contribution is 2.29. The molecule has 1 aliphatic heterocycles. The summed E-state index contributed by atoms with van der Waals surface area (Å²) in [6.45, 7) is 11.1. The molecule has 1 aromatic rings. The summed E-state index contributed by atoms with van der Waals surface area (Å²) in [6, 6.07) is 8.59. The number of aryl methyl sites for hydroxylation is 1. The fraction of sp³-hybridized carbons (Fsp3) is 0.647. The highest BCUT2D eigenvalue weighted by atomic mass is 16.3. The van der Waals surface area contributed by atoms with E-state index in [4.69, 9.17) is 0 Å². The van der Waals surface area contributed by atoms with Crippen LogP contribution in [0.15, 0.2) is 24.3 Å². The average Bonchev–Trinajstić information content (AvgIpc) is 2.77.